The third-order valence-corrected chi connectivity index (χ3v) is 4.28. The van der Waals surface area contributed by atoms with Crippen LogP contribution in [0.2, 0.25) is 5.02 Å². The number of carbonyl (C=O) groups is 2. The molecule has 1 heterocycles. The van der Waals surface area contributed by atoms with E-state index in [1.807, 2.05) is 0 Å². The van der Waals surface area contributed by atoms with Gasteiger partial charge in [0.2, 0.25) is 0 Å². The number of hydrazone groups is 1. The van der Waals surface area contributed by atoms with E-state index in [0.717, 1.165) is 10.6 Å². The summed E-state index contributed by atoms with van der Waals surface area (Å²) in [6.45, 7) is 1.65. The number of methoxy groups -OCH3 is 1. The number of hydrogen-bond donors (Lipinski definition) is 1. The van der Waals surface area contributed by atoms with Crippen molar-refractivity contribution < 1.29 is 14.3 Å². The molecule has 1 fully saturated rings. The average Bonchev–Trinajstić information content (AvgIpc) is 2.84. The molecule has 1 aliphatic rings. The number of imide groups is 1. The molecule has 0 spiro atoms. The minimum atomic E-state index is -1.18. The second kappa shape index (κ2) is 6.57. The largest absolute Gasteiger partial charge is 0.497 e. The highest BCUT2D eigenvalue weighted by Gasteiger charge is 2.49. The van der Waals surface area contributed by atoms with Crippen molar-refractivity contribution in [2.24, 2.45) is 5.10 Å². The van der Waals surface area contributed by atoms with Crippen LogP contribution in [0.15, 0.2) is 53.6 Å². The van der Waals surface area contributed by atoms with Gasteiger partial charge in [0, 0.05) is 5.02 Å². The molecule has 1 saturated heterocycles. The van der Waals surface area contributed by atoms with Crippen molar-refractivity contribution in [3.63, 3.8) is 0 Å². The fourth-order valence-corrected chi connectivity index (χ4v) is 2.65. The van der Waals surface area contributed by atoms with Crippen LogP contribution >= 0.6 is 11.6 Å². The van der Waals surface area contributed by atoms with E-state index in [9.17, 15) is 9.59 Å². The highest BCUT2D eigenvalue weighted by Crippen LogP contribution is 2.30. The zero-order valence-electron chi connectivity index (χ0n) is 13.7. The number of amides is 3. The molecule has 25 heavy (non-hydrogen) atoms. The van der Waals surface area contributed by atoms with E-state index in [0.29, 0.717) is 16.3 Å². The summed E-state index contributed by atoms with van der Waals surface area (Å²) in [6.07, 6.45) is 1.44. The molecule has 1 atom stereocenters. The second-order valence-corrected chi connectivity index (χ2v) is 6.13. The van der Waals surface area contributed by atoms with Gasteiger partial charge in [-0.2, -0.15) is 5.10 Å². The van der Waals surface area contributed by atoms with Crippen LogP contribution in [0.25, 0.3) is 0 Å². The lowest BCUT2D eigenvalue weighted by atomic mass is 9.92. The summed E-state index contributed by atoms with van der Waals surface area (Å²) in [5, 5.41) is 8.14. The summed E-state index contributed by atoms with van der Waals surface area (Å²) in [6, 6.07) is 13.3. The summed E-state index contributed by atoms with van der Waals surface area (Å²) in [5.74, 6) is 0.217. The lowest BCUT2D eigenvalue weighted by Crippen LogP contribution is -2.40. The molecule has 0 bridgehead atoms. The molecule has 0 unspecified atom stereocenters. The Morgan fingerprint density at radius 3 is 2.36 bits per heavy atom. The number of ether oxygens (including phenoxy) is 1. The van der Waals surface area contributed by atoms with Gasteiger partial charge < -0.3 is 10.1 Å². The molecular formula is C18H16ClN3O3. The maximum Gasteiger partial charge on any atom is 0.346 e. The summed E-state index contributed by atoms with van der Waals surface area (Å²) in [7, 11) is 1.56. The number of benzene rings is 2. The number of urea groups is 1. The smallest absolute Gasteiger partial charge is 0.346 e. The van der Waals surface area contributed by atoms with Gasteiger partial charge in [-0.15, -0.1) is 5.01 Å². The second-order valence-electron chi connectivity index (χ2n) is 5.70. The first-order chi connectivity index (χ1) is 11.9. The number of rotatable bonds is 4. The van der Waals surface area contributed by atoms with Crippen molar-refractivity contribution in [2.45, 2.75) is 12.5 Å². The molecule has 0 saturated carbocycles. The molecule has 1 aliphatic heterocycles. The normalized spacial score (nSPS) is 20.2. The monoisotopic (exact) mass is 357 g/mol. The summed E-state index contributed by atoms with van der Waals surface area (Å²) in [5.41, 5.74) is 0.194. The number of nitrogens with one attached hydrogen (secondary N) is 1. The van der Waals surface area contributed by atoms with Gasteiger partial charge in [0.1, 0.15) is 11.3 Å². The third kappa shape index (κ3) is 3.21. The SMILES string of the molecule is COc1ccc([C@@]2(C)NC(=O)N(N=Cc3ccc(Cl)cc3)C2=O)cc1. The predicted octanol–water partition coefficient (Wildman–Crippen LogP) is 3.15. The Morgan fingerprint density at radius 2 is 1.76 bits per heavy atom. The molecule has 3 amide bonds. The first-order valence-electron chi connectivity index (χ1n) is 7.55. The predicted molar refractivity (Wildman–Crippen MR) is 94.8 cm³/mol. The fourth-order valence-electron chi connectivity index (χ4n) is 2.52. The quantitative estimate of drug-likeness (QED) is 0.675. The molecule has 2 aromatic carbocycles. The van der Waals surface area contributed by atoms with Crippen molar-refractivity contribution in [1.29, 1.82) is 0 Å². The van der Waals surface area contributed by atoms with Crippen molar-refractivity contribution in [2.75, 3.05) is 7.11 Å². The molecule has 2 aromatic rings. The number of halogens is 1. The van der Waals surface area contributed by atoms with Crippen molar-refractivity contribution in [1.82, 2.24) is 10.3 Å². The van der Waals surface area contributed by atoms with Crippen molar-refractivity contribution in [3.05, 3.63) is 64.7 Å². The molecule has 128 valence electrons. The van der Waals surface area contributed by atoms with E-state index in [2.05, 4.69) is 10.4 Å². The van der Waals surface area contributed by atoms with Crippen LogP contribution in [-0.2, 0) is 10.3 Å². The third-order valence-electron chi connectivity index (χ3n) is 4.03. The summed E-state index contributed by atoms with van der Waals surface area (Å²) >= 11 is 5.83. The van der Waals surface area contributed by atoms with Crippen LogP contribution in [0.4, 0.5) is 4.79 Å². The topological polar surface area (TPSA) is 71.0 Å². The van der Waals surface area contributed by atoms with Crippen LogP contribution in [0, 0.1) is 0 Å². The Balaban J connectivity index is 1.84. The van der Waals surface area contributed by atoms with Gasteiger partial charge in [-0.05, 0) is 42.3 Å². The molecule has 3 rings (SSSR count). The highest BCUT2D eigenvalue weighted by atomic mass is 35.5. The molecule has 1 N–H and O–H groups in total. The van der Waals surface area contributed by atoms with Gasteiger partial charge in [0.25, 0.3) is 5.91 Å². The Labute approximate surface area is 150 Å². The maximum absolute atomic E-state index is 12.7. The van der Waals surface area contributed by atoms with Crippen LogP contribution < -0.4 is 10.1 Å². The van der Waals surface area contributed by atoms with E-state index in [-0.39, 0.29) is 0 Å². The van der Waals surface area contributed by atoms with Gasteiger partial charge in [-0.3, -0.25) is 4.79 Å². The van der Waals surface area contributed by atoms with E-state index in [1.165, 1.54) is 6.21 Å². The molecule has 6 nitrogen and oxygen atoms in total. The maximum atomic E-state index is 12.7. The van der Waals surface area contributed by atoms with Crippen molar-refractivity contribution >= 4 is 29.8 Å². The van der Waals surface area contributed by atoms with Crippen LogP contribution in [0.3, 0.4) is 0 Å². The zero-order chi connectivity index (χ0) is 18.0. The van der Waals surface area contributed by atoms with Gasteiger partial charge in [0.05, 0.1) is 13.3 Å². The number of nitrogens with zero attached hydrogens (tertiary/aromatic N) is 2. The first-order valence-corrected chi connectivity index (χ1v) is 7.92. The minimum Gasteiger partial charge on any atom is -0.497 e. The van der Waals surface area contributed by atoms with Gasteiger partial charge in [-0.25, -0.2) is 4.79 Å². The average molecular weight is 358 g/mol. The summed E-state index contributed by atoms with van der Waals surface area (Å²) < 4.78 is 5.11. The molecular weight excluding hydrogens is 342 g/mol. The molecule has 0 radical (unpaired) electrons. The molecule has 0 aromatic heterocycles. The number of carbonyl (C=O) groups excluding carboxylic acids is 2. The highest BCUT2D eigenvalue weighted by molar-refractivity contribution is 6.30. The van der Waals surface area contributed by atoms with Crippen molar-refractivity contribution in [3.8, 4) is 5.75 Å². The minimum absolute atomic E-state index is 0.451. The molecule has 0 aliphatic carbocycles. The Hall–Kier alpha value is -2.86. The summed E-state index contributed by atoms with van der Waals surface area (Å²) in [4.78, 5) is 25.0. The molecule has 7 heteroatoms. The van der Waals surface area contributed by atoms with Crippen LogP contribution in [0.1, 0.15) is 18.1 Å². The Kier molecular flexibility index (Phi) is 4.46. The Morgan fingerprint density at radius 1 is 1.12 bits per heavy atom. The lowest BCUT2D eigenvalue weighted by molar-refractivity contribution is -0.131. The first kappa shape index (κ1) is 17.0. The number of hydrogen-bond acceptors (Lipinski definition) is 4. The standard InChI is InChI=1S/C18H16ClN3O3/c1-18(13-5-9-15(25-2)10-6-13)16(23)22(17(24)21-18)20-11-12-3-7-14(19)8-4-12/h3-11H,1-2H3,(H,21,24)/t18-/m1/s1. The van der Waals surface area contributed by atoms with Gasteiger partial charge in [0.15, 0.2) is 0 Å². The van der Waals surface area contributed by atoms with Gasteiger partial charge in [-0.1, -0.05) is 35.9 Å². The van der Waals surface area contributed by atoms with Crippen LogP contribution in [-0.4, -0.2) is 30.3 Å². The van der Waals surface area contributed by atoms with Crippen LogP contribution in [0.5, 0.6) is 5.75 Å². The van der Waals surface area contributed by atoms with E-state index < -0.39 is 17.5 Å². The Bertz CT molecular complexity index is 834. The van der Waals surface area contributed by atoms with E-state index in [4.69, 9.17) is 16.3 Å². The van der Waals surface area contributed by atoms with Gasteiger partial charge >= 0.3 is 6.03 Å². The zero-order valence-corrected chi connectivity index (χ0v) is 14.4. The van der Waals surface area contributed by atoms with E-state index in [1.54, 1.807) is 62.6 Å². The lowest BCUT2D eigenvalue weighted by Gasteiger charge is -2.21. The van der Waals surface area contributed by atoms with E-state index >= 15 is 0 Å². The fraction of sp³-hybridized carbons (Fsp3) is 0.167.